The number of benzene rings is 1. The highest BCUT2D eigenvalue weighted by Gasteiger charge is 2.28. The molecule has 0 aromatic heterocycles. The fraction of sp³-hybridized carbons (Fsp3) is 0.600. The van der Waals surface area contributed by atoms with Crippen LogP contribution in [0.4, 0.5) is 0 Å². The third kappa shape index (κ3) is 4.23. The lowest BCUT2D eigenvalue weighted by molar-refractivity contribution is 0.335. The summed E-state index contributed by atoms with van der Waals surface area (Å²) < 4.78 is 28.9. The number of sulfone groups is 1. The lowest BCUT2D eigenvalue weighted by Gasteiger charge is -2.20. The third-order valence-corrected chi connectivity index (χ3v) is 5.65. The number of ether oxygens (including phenoxy) is 1. The molecule has 0 aliphatic rings. The Kier molecular flexibility index (Phi) is 5.02. The Bertz CT molecular complexity index is 510. The fourth-order valence-corrected chi connectivity index (χ4v) is 2.57. The van der Waals surface area contributed by atoms with Crippen molar-refractivity contribution in [3.8, 4) is 5.75 Å². The van der Waals surface area contributed by atoms with Crippen LogP contribution >= 0.6 is 0 Å². The number of rotatable bonds is 5. The van der Waals surface area contributed by atoms with Gasteiger partial charge in [-0.15, -0.1) is 0 Å². The van der Waals surface area contributed by atoms with Crippen LogP contribution in [0.5, 0.6) is 5.75 Å². The van der Waals surface area contributed by atoms with Gasteiger partial charge in [-0.3, -0.25) is 0 Å². The van der Waals surface area contributed by atoms with E-state index in [0.29, 0.717) is 5.92 Å². The van der Waals surface area contributed by atoms with Gasteiger partial charge < -0.3 is 4.74 Å². The van der Waals surface area contributed by atoms with Gasteiger partial charge >= 0.3 is 0 Å². The number of hydrogen-bond acceptors (Lipinski definition) is 3. The minimum absolute atomic E-state index is 0.0446. The van der Waals surface area contributed by atoms with Crippen molar-refractivity contribution < 1.29 is 13.2 Å². The van der Waals surface area contributed by atoms with Gasteiger partial charge in [-0.1, -0.05) is 32.0 Å². The highest BCUT2D eigenvalue weighted by Crippen LogP contribution is 2.26. The second kappa shape index (κ2) is 5.95. The van der Waals surface area contributed by atoms with Gasteiger partial charge in [-0.25, -0.2) is 8.42 Å². The monoisotopic (exact) mass is 284 g/mol. The first-order valence-corrected chi connectivity index (χ1v) is 8.24. The summed E-state index contributed by atoms with van der Waals surface area (Å²) in [6.07, 6.45) is 0. The Hall–Kier alpha value is -1.03. The Morgan fingerprint density at radius 2 is 1.74 bits per heavy atom. The molecule has 0 atom stereocenters. The zero-order valence-electron chi connectivity index (χ0n) is 12.4. The van der Waals surface area contributed by atoms with E-state index in [2.05, 4.69) is 13.8 Å². The second-order valence-corrected chi connectivity index (χ2v) is 8.83. The van der Waals surface area contributed by atoms with Crippen LogP contribution in [0.25, 0.3) is 0 Å². The maximum atomic E-state index is 12.0. The lowest BCUT2D eigenvalue weighted by atomic mass is 10.0. The second-order valence-electron chi connectivity index (χ2n) is 5.97. The van der Waals surface area contributed by atoms with Crippen molar-refractivity contribution in [1.82, 2.24) is 0 Å². The average Bonchev–Trinajstić information content (AvgIpc) is 2.27. The van der Waals surface area contributed by atoms with Crippen molar-refractivity contribution in [2.45, 2.75) is 45.3 Å². The van der Waals surface area contributed by atoms with E-state index in [1.54, 1.807) is 20.8 Å². The molecule has 108 valence electrons. The molecular weight excluding hydrogens is 260 g/mol. The van der Waals surface area contributed by atoms with Crippen LogP contribution in [0.1, 0.15) is 46.1 Å². The molecule has 1 aromatic rings. The van der Waals surface area contributed by atoms with Crippen molar-refractivity contribution in [3.05, 3.63) is 29.8 Å². The molecule has 0 aliphatic heterocycles. The first-order chi connectivity index (χ1) is 8.65. The number of para-hydroxylation sites is 1. The average molecular weight is 284 g/mol. The Morgan fingerprint density at radius 3 is 2.26 bits per heavy atom. The maximum Gasteiger partial charge on any atom is 0.158 e. The summed E-state index contributed by atoms with van der Waals surface area (Å²) in [5, 5.41) is 0. The minimum atomic E-state index is -3.13. The standard InChI is InChI=1S/C15H24O3S/c1-12(2)13-8-6-7-9-14(13)18-10-11-19(16,17)15(3,4)5/h6-9,12H,10-11H2,1-5H3. The van der Waals surface area contributed by atoms with Crippen molar-refractivity contribution in [3.63, 3.8) is 0 Å². The van der Waals surface area contributed by atoms with Crippen LogP contribution in [0, 0.1) is 0 Å². The summed E-state index contributed by atoms with van der Waals surface area (Å²) >= 11 is 0. The SMILES string of the molecule is CC(C)c1ccccc1OCCS(=O)(=O)C(C)(C)C. The van der Waals surface area contributed by atoms with Gasteiger partial charge in [0.05, 0.1) is 10.5 Å². The van der Waals surface area contributed by atoms with Gasteiger partial charge in [-0.2, -0.15) is 0 Å². The molecule has 0 radical (unpaired) electrons. The van der Waals surface area contributed by atoms with Crippen LogP contribution in [-0.4, -0.2) is 25.5 Å². The zero-order valence-corrected chi connectivity index (χ0v) is 13.3. The third-order valence-electron chi connectivity index (χ3n) is 3.08. The molecule has 0 saturated carbocycles. The van der Waals surface area contributed by atoms with Crippen LogP contribution in [0.15, 0.2) is 24.3 Å². The maximum absolute atomic E-state index is 12.0. The van der Waals surface area contributed by atoms with Crippen molar-refractivity contribution in [1.29, 1.82) is 0 Å². The highest BCUT2D eigenvalue weighted by atomic mass is 32.2. The molecule has 0 heterocycles. The molecule has 1 rings (SSSR count). The van der Waals surface area contributed by atoms with Crippen molar-refractivity contribution in [2.75, 3.05) is 12.4 Å². The van der Waals surface area contributed by atoms with Crippen molar-refractivity contribution >= 4 is 9.84 Å². The molecule has 0 unspecified atom stereocenters. The first kappa shape index (κ1) is 16.0. The van der Waals surface area contributed by atoms with E-state index < -0.39 is 14.6 Å². The van der Waals surface area contributed by atoms with E-state index in [1.165, 1.54) is 0 Å². The van der Waals surface area contributed by atoms with Crippen LogP contribution in [0.2, 0.25) is 0 Å². The van der Waals surface area contributed by atoms with E-state index in [1.807, 2.05) is 24.3 Å². The smallest absolute Gasteiger partial charge is 0.158 e. The summed E-state index contributed by atoms with van der Waals surface area (Å²) in [5.41, 5.74) is 1.11. The quantitative estimate of drug-likeness (QED) is 0.832. The summed E-state index contributed by atoms with van der Waals surface area (Å²) in [5.74, 6) is 1.18. The van der Waals surface area contributed by atoms with Crippen LogP contribution in [0.3, 0.4) is 0 Å². The Morgan fingerprint density at radius 1 is 1.16 bits per heavy atom. The van der Waals surface area contributed by atoms with Gasteiger partial charge in [0.15, 0.2) is 9.84 Å². The molecule has 1 aromatic carbocycles. The normalized spacial score (nSPS) is 12.7. The largest absolute Gasteiger partial charge is 0.492 e. The molecule has 0 fully saturated rings. The first-order valence-electron chi connectivity index (χ1n) is 6.59. The molecule has 0 aliphatic carbocycles. The summed E-state index contributed by atoms with van der Waals surface area (Å²) in [6.45, 7) is 9.52. The minimum Gasteiger partial charge on any atom is -0.492 e. The van der Waals surface area contributed by atoms with E-state index in [0.717, 1.165) is 11.3 Å². The molecular formula is C15H24O3S. The van der Waals surface area contributed by atoms with E-state index >= 15 is 0 Å². The van der Waals surface area contributed by atoms with E-state index in [9.17, 15) is 8.42 Å². The molecule has 0 saturated heterocycles. The summed E-state index contributed by atoms with van der Waals surface area (Å²) in [4.78, 5) is 0. The molecule has 3 nitrogen and oxygen atoms in total. The van der Waals surface area contributed by atoms with Gasteiger partial charge in [0, 0.05) is 0 Å². The molecule has 0 N–H and O–H groups in total. The van der Waals surface area contributed by atoms with E-state index in [4.69, 9.17) is 4.74 Å². The molecule has 0 bridgehead atoms. The van der Waals surface area contributed by atoms with Crippen LogP contribution in [-0.2, 0) is 9.84 Å². The molecule has 0 amide bonds. The van der Waals surface area contributed by atoms with Gasteiger partial charge in [0.25, 0.3) is 0 Å². The van der Waals surface area contributed by atoms with Crippen molar-refractivity contribution in [2.24, 2.45) is 0 Å². The van der Waals surface area contributed by atoms with Gasteiger partial charge in [0.2, 0.25) is 0 Å². The number of hydrogen-bond donors (Lipinski definition) is 0. The molecule has 19 heavy (non-hydrogen) atoms. The van der Waals surface area contributed by atoms with Crippen LogP contribution < -0.4 is 4.74 Å². The lowest BCUT2D eigenvalue weighted by Crippen LogP contribution is -2.32. The highest BCUT2D eigenvalue weighted by molar-refractivity contribution is 7.92. The summed E-state index contributed by atoms with van der Waals surface area (Å²) in [6, 6.07) is 7.77. The zero-order chi connectivity index (χ0) is 14.7. The summed E-state index contributed by atoms with van der Waals surface area (Å²) in [7, 11) is -3.13. The van der Waals surface area contributed by atoms with Gasteiger partial charge in [-0.05, 0) is 38.3 Å². The molecule has 0 spiro atoms. The van der Waals surface area contributed by atoms with E-state index in [-0.39, 0.29) is 12.4 Å². The Labute approximate surface area is 116 Å². The fourth-order valence-electron chi connectivity index (χ4n) is 1.66. The predicted molar refractivity (Wildman–Crippen MR) is 79.6 cm³/mol. The topological polar surface area (TPSA) is 43.4 Å². The molecule has 4 heteroatoms. The van der Waals surface area contributed by atoms with Gasteiger partial charge in [0.1, 0.15) is 12.4 Å². The Balaban J connectivity index is 2.70. The predicted octanol–water partition coefficient (Wildman–Crippen LogP) is 3.40.